The highest BCUT2D eigenvalue weighted by Gasteiger charge is 2.21. The minimum absolute atomic E-state index is 0.0260. The molecule has 0 saturated carbocycles. The number of nitrogens with zero attached hydrogens (tertiary/aromatic N) is 1. The van der Waals surface area contributed by atoms with Crippen molar-refractivity contribution in [1.82, 2.24) is 9.29 Å². The number of sulfonamides is 1. The highest BCUT2D eigenvalue weighted by Crippen LogP contribution is 2.20. The van der Waals surface area contributed by atoms with E-state index >= 15 is 0 Å². The van der Waals surface area contributed by atoms with E-state index in [1.807, 2.05) is 24.3 Å². The smallest absolute Gasteiger partial charge is 0.311 e. The number of carbonyl (C=O) groups excluding carboxylic acids is 2. The van der Waals surface area contributed by atoms with E-state index in [9.17, 15) is 18.0 Å². The maximum Gasteiger partial charge on any atom is 0.311 e. The van der Waals surface area contributed by atoms with Crippen molar-refractivity contribution < 1.29 is 22.7 Å². The molecule has 3 aromatic rings. The first-order valence-electron chi connectivity index (χ1n) is 9.26. The first-order valence-corrected chi connectivity index (χ1v) is 10.7. The number of anilines is 1. The molecule has 0 aliphatic carbocycles. The minimum Gasteiger partial charge on any atom is -0.452 e. The van der Waals surface area contributed by atoms with Crippen molar-refractivity contribution in [2.24, 2.45) is 0 Å². The number of ether oxygens (including phenoxy) is 1. The molecule has 2 aromatic carbocycles. The van der Waals surface area contributed by atoms with Crippen LogP contribution in [0.4, 0.5) is 5.69 Å². The Morgan fingerprint density at radius 1 is 1.13 bits per heavy atom. The number of rotatable bonds is 7. The zero-order valence-corrected chi connectivity index (χ0v) is 17.7. The number of aromatic nitrogens is 1. The van der Waals surface area contributed by atoms with Gasteiger partial charge in [0.1, 0.15) is 0 Å². The number of hydrogen-bond acceptors (Lipinski definition) is 5. The van der Waals surface area contributed by atoms with Crippen LogP contribution < -0.4 is 5.32 Å². The fourth-order valence-corrected chi connectivity index (χ4v) is 3.86. The van der Waals surface area contributed by atoms with Crippen LogP contribution in [0.5, 0.6) is 0 Å². The van der Waals surface area contributed by atoms with Gasteiger partial charge in [-0.1, -0.05) is 24.3 Å². The fourth-order valence-electron chi connectivity index (χ4n) is 2.91. The van der Waals surface area contributed by atoms with Gasteiger partial charge in [-0.3, -0.25) is 9.59 Å². The molecule has 0 unspecified atom stereocenters. The summed E-state index contributed by atoms with van der Waals surface area (Å²) in [5.74, 6) is -1.09. The lowest BCUT2D eigenvalue weighted by Crippen LogP contribution is -2.30. The van der Waals surface area contributed by atoms with Gasteiger partial charge in [0.05, 0.1) is 11.3 Å². The van der Waals surface area contributed by atoms with Gasteiger partial charge in [0.2, 0.25) is 10.0 Å². The van der Waals surface area contributed by atoms with Gasteiger partial charge in [-0.2, -0.15) is 0 Å². The second kappa shape index (κ2) is 8.68. The van der Waals surface area contributed by atoms with Crippen molar-refractivity contribution in [2.75, 3.05) is 19.4 Å². The molecule has 0 spiro atoms. The monoisotopic (exact) mass is 429 g/mol. The van der Waals surface area contributed by atoms with Crippen molar-refractivity contribution in [3.63, 3.8) is 0 Å². The van der Waals surface area contributed by atoms with E-state index in [1.54, 1.807) is 12.3 Å². The number of hydrogen-bond donors (Lipinski definition) is 2. The maximum atomic E-state index is 12.4. The Bertz CT molecular complexity index is 1180. The third-order valence-electron chi connectivity index (χ3n) is 4.57. The summed E-state index contributed by atoms with van der Waals surface area (Å²) in [5.41, 5.74) is 1.99. The van der Waals surface area contributed by atoms with Crippen molar-refractivity contribution in [3.05, 3.63) is 60.3 Å². The van der Waals surface area contributed by atoms with E-state index < -0.39 is 28.0 Å². The van der Waals surface area contributed by atoms with Gasteiger partial charge < -0.3 is 15.0 Å². The lowest BCUT2D eigenvalue weighted by molar-refractivity contribution is -0.152. The van der Waals surface area contributed by atoms with Gasteiger partial charge >= 0.3 is 5.97 Å². The molecule has 3 rings (SSSR count). The largest absolute Gasteiger partial charge is 0.452 e. The molecule has 1 amide bonds. The number of para-hydroxylation sites is 1. The summed E-state index contributed by atoms with van der Waals surface area (Å²) in [6, 6.07) is 13.5. The summed E-state index contributed by atoms with van der Waals surface area (Å²) >= 11 is 0. The lowest BCUT2D eigenvalue weighted by Gasteiger charge is -2.15. The lowest BCUT2D eigenvalue weighted by atomic mass is 10.1. The quantitative estimate of drug-likeness (QED) is 0.561. The Morgan fingerprint density at radius 2 is 1.87 bits per heavy atom. The molecule has 8 nitrogen and oxygen atoms in total. The summed E-state index contributed by atoms with van der Waals surface area (Å²) in [7, 11) is -0.775. The van der Waals surface area contributed by atoms with Crippen molar-refractivity contribution in [2.45, 2.75) is 24.3 Å². The number of amides is 1. The average Bonchev–Trinajstić information content (AvgIpc) is 3.10. The van der Waals surface area contributed by atoms with Gasteiger partial charge in [-0.25, -0.2) is 12.7 Å². The van der Waals surface area contributed by atoms with Crippen molar-refractivity contribution in [1.29, 1.82) is 0 Å². The molecule has 1 aromatic heterocycles. The molecule has 0 radical (unpaired) electrons. The SMILES string of the molecule is C[C@@H](OC(=O)Cc1c[nH]c2ccccc12)C(=O)Nc1cccc(S(=O)(=O)N(C)C)c1. The standard InChI is InChI=1S/C21H23N3O5S/c1-14(29-20(25)11-15-13-22-19-10-5-4-9-18(15)19)21(26)23-16-7-6-8-17(12-16)30(27,28)24(2)3/h4-10,12-14,22H,11H2,1-3H3,(H,23,26)/t14-/m1/s1. The Morgan fingerprint density at radius 3 is 2.60 bits per heavy atom. The molecule has 9 heteroatoms. The number of fused-ring (bicyclic) bond motifs is 1. The van der Waals surface area contributed by atoms with E-state index in [4.69, 9.17) is 4.74 Å². The van der Waals surface area contributed by atoms with Crippen LogP contribution >= 0.6 is 0 Å². The summed E-state index contributed by atoms with van der Waals surface area (Å²) in [4.78, 5) is 27.8. The molecule has 0 saturated heterocycles. The number of carbonyl (C=O) groups is 2. The molecule has 1 atom stereocenters. The first-order chi connectivity index (χ1) is 14.2. The van der Waals surface area contributed by atoms with Gasteiger partial charge in [0, 0.05) is 36.9 Å². The molecule has 0 bridgehead atoms. The molecular formula is C21H23N3O5S. The topological polar surface area (TPSA) is 109 Å². The zero-order valence-electron chi connectivity index (χ0n) is 16.9. The number of benzene rings is 2. The second-order valence-electron chi connectivity index (χ2n) is 6.97. The van der Waals surface area contributed by atoms with Crippen LogP contribution in [0.3, 0.4) is 0 Å². The van der Waals surface area contributed by atoms with Crippen LogP contribution in [0.1, 0.15) is 12.5 Å². The van der Waals surface area contributed by atoms with Crippen molar-refractivity contribution in [3.8, 4) is 0 Å². The molecular weight excluding hydrogens is 406 g/mol. The van der Waals surface area contributed by atoms with E-state index in [0.717, 1.165) is 20.8 Å². The van der Waals surface area contributed by atoms with Crippen molar-refractivity contribution >= 4 is 38.5 Å². The predicted octanol–water partition coefficient (Wildman–Crippen LogP) is 2.53. The Kier molecular flexibility index (Phi) is 6.23. The van der Waals surface area contributed by atoms with Gasteiger partial charge in [0.25, 0.3) is 5.91 Å². The fraction of sp³-hybridized carbons (Fsp3) is 0.238. The van der Waals surface area contributed by atoms with E-state index in [-0.39, 0.29) is 11.3 Å². The highest BCUT2D eigenvalue weighted by atomic mass is 32.2. The molecule has 1 heterocycles. The Balaban J connectivity index is 1.63. The minimum atomic E-state index is -3.63. The molecule has 0 aliphatic rings. The number of H-pyrrole nitrogens is 1. The Hall–Kier alpha value is -3.17. The third kappa shape index (κ3) is 4.69. The first kappa shape index (κ1) is 21.5. The molecule has 30 heavy (non-hydrogen) atoms. The van der Waals surface area contributed by atoms with Crippen LogP contribution in [0.25, 0.3) is 10.9 Å². The summed E-state index contributed by atoms with van der Waals surface area (Å²) in [6.07, 6.45) is 0.725. The van der Waals surface area contributed by atoms with Gasteiger partial charge in [0.15, 0.2) is 6.10 Å². The molecule has 0 aliphatic heterocycles. The summed E-state index contributed by atoms with van der Waals surface area (Å²) < 4.78 is 30.8. The number of nitrogens with one attached hydrogen (secondary N) is 2. The van der Waals surface area contributed by atoms with Crippen LogP contribution in [-0.2, 0) is 30.8 Å². The second-order valence-corrected chi connectivity index (χ2v) is 9.12. The average molecular weight is 429 g/mol. The number of esters is 1. The molecule has 0 fully saturated rings. The zero-order chi connectivity index (χ0) is 21.9. The van der Waals surface area contributed by atoms with Gasteiger partial charge in [-0.05, 0) is 36.8 Å². The number of aromatic amines is 1. The van der Waals surface area contributed by atoms with E-state index in [1.165, 1.54) is 39.2 Å². The molecule has 2 N–H and O–H groups in total. The van der Waals surface area contributed by atoms with E-state index in [2.05, 4.69) is 10.3 Å². The Labute approximate surface area is 174 Å². The van der Waals surface area contributed by atoms with Crippen LogP contribution in [0, 0.1) is 0 Å². The van der Waals surface area contributed by atoms with Gasteiger partial charge in [-0.15, -0.1) is 0 Å². The normalized spacial score (nSPS) is 12.7. The third-order valence-corrected chi connectivity index (χ3v) is 6.38. The van der Waals surface area contributed by atoms with Crippen LogP contribution in [-0.4, -0.2) is 49.8 Å². The maximum absolute atomic E-state index is 12.4. The molecule has 158 valence electrons. The summed E-state index contributed by atoms with van der Waals surface area (Å²) in [6.45, 7) is 1.46. The highest BCUT2D eigenvalue weighted by molar-refractivity contribution is 7.89. The van der Waals surface area contributed by atoms with Crippen LogP contribution in [0.15, 0.2) is 59.6 Å². The van der Waals surface area contributed by atoms with E-state index in [0.29, 0.717) is 5.69 Å². The predicted molar refractivity (Wildman–Crippen MR) is 114 cm³/mol. The van der Waals surface area contributed by atoms with Crippen LogP contribution in [0.2, 0.25) is 0 Å². The summed E-state index contributed by atoms with van der Waals surface area (Å²) in [5, 5.41) is 3.50.